The van der Waals surface area contributed by atoms with Crippen LogP contribution in [0.25, 0.3) is 0 Å². The van der Waals surface area contributed by atoms with Crippen LogP contribution in [0.2, 0.25) is 0 Å². The normalized spacial score (nSPS) is 11.1. The van der Waals surface area contributed by atoms with E-state index in [9.17, 15) is 28.1 Å². The SMILES string of the molecule is Cc1ccc(C)c(C(=O)COC(=O)c2ccc(S(C)(=O)=O)c([N+](=O)[O-])c2)c1. The second-order valence-corrected chi connectivity index (χ2v) is 8.01. The van der Waals surface area contributed by atoms with Gasteiger partial charge in [0, 0.05) is 17.9 Å². The monoisotopic (exact) mass is 391 g/mol. The molecule has 0 aliphatic carbocycles. The van der Waals surface area contributed by atoms with Crippen LogP contribution >= 0.6 is 0 Å². The predicted molar refractivity (Wildman–Crippen MR) is 96.7 cm³/mol. The van der Waals surface area contributed by atoms with Crippen molar-refractivity contribution in [2.75, 3.05) is 12.9 Å². The molecule has 9 heteroatoms. The lowest BCUT2D eigenvalue weighted by Gasteiger charge is -2.08. The summed E-state index contributed by atoms with van der Waals surface area (Å²) < 4.78 is 28.1. The average molecular weight is 391 g/mol. The third-order valence-electron chi connectivity index (χ3n) is 3.82. The van der Waals surface area contributed by atoms with Gasteiger partial charge in [-0.1, -0.05) is 17.7 Å². The van der Waals surface area contributed by atoms with Crippen molar-refractivity contribution in [2.24, 2.45) is 0 Å². The number of ketones is 1. The van der Waals surface area contributed by atoms with E-state index in [1.54, 1.807) is 19.1 Å². The number of benzene rings is 2. The Kier molecular flexibility index (Phi) is 5.75. The third kappa shape index (κ3) is 4.76. The zero-order valence-electron chi connectivity index (χ0n) is 14.9. The maximum absolute atomic E-state index is 12.2. The number of carbonyl (C=O) groups is 2. The number of Topliss-reactive ketones (excluding diaryl/α,β-unsaturated/α-hetero) is 1. The van der Waals surface area contributed by atoms with Gasteiger partial charge in [-0.2, -0.15) is 0 Å². The van der Waals surface area contributed by atoms with Gasteiger partial charge in [0.15, 0.2) is 16.4 Å². The van der Waals surface area contributed by atoms with Crippen LogP contribution in [0.3, 0.4) is 0 Å². The molecule has 8 nitrogen and oxygen atoms in total. The number of esters is 1. The van der Waals surface area contributed by atoms with E-state index in [1.807, 2.05) is 13.0 Å². The minimum absolute atomic E-state index is 0.220. The molecular formula is C18H17NO7S. The standard InChI is InChI=1S/C18H17NO7S/c1-11-4-5-12(2)14(8-11)16(20)10-26-18(21)13-6-7-17(27(3,24)25)15(9-13)19(22)23/h4-9H,10H2,1-3H3. The molecule has 27 heavy (non-hydrogen) atoms. The van der Waals surface area contributed by atoms with E-state index in [0.29, 0.717) is 5.56 Å². The molecular weight excluding hydrogens is 374 g/mol. The molecule has 0 bridgehead atoms. The van der Waals surface area contributed by atoms with E-state index < -0.39 is 43.7 Å². The molecule has 142 valence electrons. The van der Waals surface area contributed by atoms with Crippen LogP contribution in [-0.4, -0.2) is 38.0 Å². The smallest absolute Gasteiger partial charge is 0.338 e. The Hall–Kier alpha value is -3.07. The Labute approximate surface area is 155 Å². The first-order valence-corrected chi connectivity index (χ1v) is 9.66. The van der Waals surface area contributed by atoms with Gasteiger partial charge < -0.3 is 4.74 Å². The summed E-state index contributed by atoms with van der Waals surface area (Å²) in [6.07, 6.45) is 0.830. The Morgan fingerprint density at radius 2 is 1.78 bits per heavy atom. The number of sulfone groups is 1. The summed E-state index contributed by atoms with van der Waals surface area (Å²) in [7, 11) is -3.84. The summed E-state index contributed by atoms with van der Waals surface area (Å²) in [5.41, 5.74) is 1.08. The molecule has 2 aromatic rings. The van der Waals surface area contributed by atoms with E-state index >= 15 is 0 Å². The fourth-order valence-electron chi connectivity index (χ4n) is 2.43. The maximum Gasteiger partial charge on any atom is 0.338 e. The number of hydrogen-bond donors (Lipinski definition) is 0. The lowest BCUT2D eigenvalue weighted by atomic mass is 10.0. The number of carbonyl (C=O) groups excluding carboxylic acids is 2. The molecule has 0 atom stereocenters. The molecule has 0 fully saturated rings. The lowest BCUT2D eigenvalue weighted by Crippen LogP contribution is -2.16. The van der Waals surface area contributed by atoms with Crippen LogP contribution < -0.4 is 0 Å². The molecule has 0 aromatic heterocycles. The molecule has 0 unspecified atom stereocenters. The van der Waals surface area contributed by atoms with Gasteiger partial charge in [-0.25, -0.2) is 13.2 Å². The largest absolute Gasteiger partial charge is 0.454 e. The fourth-order valence-corrected chi connectivity index (χ4v) is 3.26. The number of nitro groups is 1. The summed E-state index contributed by atoms with van der Waals surface area (Å²) in [4.78, 5) is 34.1. The van der Waals surface area contributed by atoms with Crippen LogP contribution in [0.1, 0.15) is 31.8 Å². The van der Waals surface area contributed by atoms with Crippen molar-refractivity contribution in [2.45, 2.75) is 18.7 Å². The zero-order valence-corrected chi connectivity index (χ0v) is 15.7. The van der Waals surface area contributed by atoms with Gasteiger partial charge in [0.25, 0.3) is 5.69 Å². The molecule has 2 aromatic carbocycles. The summed E-state index contributed by atoms with van der Waals surface area (Å²) in [6, 6.07) is 8.20. The van der Waals surface area contributed by atoms with Gasteiger partial charge in [-0.05, 0) is 37.6 Å². The average Bonchev–Trinajstić information content (AvgIpc) is 2.60. The Morgan fingerprint density at radius 3 is 2.37 bits per heavy atom. The highest BCUT2D eigenvalue weighted by atomic mass is 32.2. The van der Waals surface area contributed by atoms with Crippen LogP contribution in [0.4, 0.5) is 5.69 Å². The van der Waals surface area contributed by atoms with Crippen molar-refractivity contribution in [3.8, 4) is 0 Å². The summed E-state index contributed by atoms with van der Waals surface area (Å²) in [6.45, 7) is 3.04. The highest BCUT2D eigenvalue weighted by Crippen LogP contribution is 2.25. The Morgan fingerprint density at radius 1 is 1.11 bits per heavy atom. The fraction of sp³-hybridized carbons (Fsp3) is 0.222. The van der Waals surface area contributed by atoms with E-state index in [-0.39, 0.29) is 5.56 Å². The zero-order chi connectivity index (χ0) is 20.4. The minimum atomic E-state index is -3.84. The number of ether oxygens (including phenoxy) is 1. The summed E-state index contributed by atoms with van der Waals surface area (Å²) in [5.74, 6) is -1.37. The van der Waals surface area contributed by atoms with Gasteiger partial charge >= 0.3 is 5.97 Å². The quantitative estimate of drug-likeness (QED) is 0.321. The molecule has 0 aliphatic heterocycles. The second kappa shape index (κ2) is 7.67. The van der Waals surface area contributed by atoms with Crippen molar-refractivity contribution < 1.29 is 27.7 Å². The van der Waals surface area contributed by atoms with E-state index in [0.717, 1.165) is 35.6 Å². The highest BCUT2D eigenvalue weighted by molar-refractivity contribution is 7.90. The van der Waals surface area contributed by atoms with Crippen LogP contribution in [0.5, 0.6) is 0 Å². The van der Waals surface area contributed by atoms with Crippen LogP contribution in [-0.2, 0) is 14.6 Å². The first kappa shape index (κ1) is 20.2. The molecule has 0 spiro atoms. The van der Waals surface area contributed by atoms with E-state index in [2.05, 4.69) is 0 Å². The molecule has 0 N–H and O–H groups in total. The molecule has 0 saturated heterocycles. The first-order chi connectivity index (χ1) is 12.5. The van der Waals surface area contributed by atoms with Gasteiger partial charge in [-0.15, -0.1) is 0 Å². The molecule has 0 saturated carbocycles. The van der Waals surface area contributed by atoms with Gasteiger partial charge in [0.05, 0.1) is 10.5 Å². The number of nitro benzene ring substituents is 1. The van der Waals surface area contributed by atoms with Crippen LogP contribution in [0, 0.1) is 24.0 Å². The molecule has 2 rings (SSSR count). The van der Waals surface area contributed by atoms with E-state index in [1.165, 1.54) is 0 Å². The molecule has 0 aliphatic rings. The van der Waals surface area contributed by atoms with Gasteiger partial charge in [0.2, 0.25) is 5.78 Å². The maximum atomic E-state index is 12.2. The minimum Gasteiger partial charge on any atom is -0.454 e. The number of hydrogen-bond acceptors (Lipinski definition) is 7. The van der Waals surface area contributed by atoms with Crippen molar-refractivity contribution in [1.82, 2.24) is 0 Å². The predicted octanol–water partition coefficient (Wildman–Crippen LogP) is 2.65. The third-order valence-corrected chi connectivity index (χ3v) is 4.96. The first-order valence-electron chi connectivity index (χ1n) is 7.77. The highest BCUT2D eigenvalue weighted by Gasteiger charge is 2.24. The van der Waals surface area contributed by atoms with Gasteiger partial charge in [-0.3, -0.25) is 14.9 Å². The Balaban J connectivity index is 2.21. The van der Waals surface area contributed by atoms with Crippen molar-refractivity contribution in [3.05, 3.63) is 68.8 Å². The van der Waals surface area contributed by atoms with E-state index in [4.69, 9.17) is 4.74 Å². The molecule has 0 radical (unpaired) electrons. The van der Waals surface area contributed by atoms with Crippen molar-refractivity contribution >= 4 is 27.3 Å². The lowest BCUT2D eigenvalue weighted by molar-refractivity contribution is -0.387. The van der Waals surface area contributed by atoms with Crippen LogP contribution in [0.15, 0.2) is 41.3 Å². The number of rotatable bonds is 6. The van der Waals surface area contributed by atoms with Crippen molar-refractivity contribution in [3.63, 3.8) is 0 Å². The Bertz CT molecular complexity index is 1040. The summed E-state index contributed by atoms with van der Waals surface area (Å²) >= 11 is 0. The second-order valence-electron chi connectivity index (χ2n) is 6.03. The van der Waals surface area contributed by atoms with Crippen molar-refractivity contribution in [1.29, 1.82) is 0 Å². The topological polar surface area (TPSA) is 121 Å². The van der Waals surface area contributed by atoms with Gasteiger partial charge in [0.1, 0.15) is 4.90 Å². The molecule has 0 amide bonds. The summed E-state index contributed by atoms with van der Waals surface area (Å²) in [5, 5.41) is 11.1. The number of aryl methyl sites for hydroxylation is 2. The number of nitrogens with zero attached hydrogens (tertiary/aromatic N) is 1. The molecule has 0 heterocycles.